The van der Waals surface area contributed by atoms with E-state index in [1.165, 1.54) is 25.9 Å². The van der Waals surface area contributed by atoms with Crippen LogP contribution in [-0.4, -0.2) is 48.6 Å². The van der Waals surface area contributed by atoms with E-state index in [1.807, 2.05) is 13.1 Å². The van der Waals surface area contributed by atoms with Crippen LogP contribution < -0.4 is 4.90 Å². The zero-order chi connectivity index (χ0) is 13.8. The zero-order valence-corrected chi connectivity index (χ0v) is 12.8. The predicted octanol–water partition coefficient (Wildman–Crippen LogP) is 2.30. The summed E-state index contributed by atoms with van der Waals surface area (Å²) in [5.74, 6) is 2.04. The first-order valence-electron chi connectivity index (χ1n) is 6.88. The molecule has 0 bridgehead atoms. The van der Waals surface area contributed by atoms with Gasteiger partial charge in [0.2, 0.25) is 5.95 Å². The van der Waals surface area contributed by atoms with Gasteiger partial charge in [0.15, 0.2) is 0 Å². The number of likely N-dealkylation sites (tertiary alicyclic amines) is 1. The van der Waals surface area contributed by atoms with Gasteiger partial charge >= 0.3 is 0 Å². The van der Waals surface area contributed by atoms with E-state index in [0.717, 1.165) is 29.7 Å². The lowest BCUT2D eigenvalue weighted by Gasteiger charge is -2.31. The molecule has 106 valence electrons. The van der Waals surface area contributed by atoms with Crippen molar-refractivity contribution in [2.24, 2.45) is 5.92 Å². The lowest BCUT2D eigenvalue weighted by Crippen LogP contribution is -2.36. The molecular formula is C14H23ClN4. The molecule has 0 aromatic carbocycles. The maximum Gasteiger partial charge on any atom is 0.225 e. The average molecular weight is 283 g/mol. The minimum atomic E-state index is 0.477. The molecular weight excluding hydrogens is 260 g/mol. The Balaban J connectivity index is 1.96. The Hall–Kier alpha value is -0.870. The number of piperidine rings is 1. The molecule has 1 saturated heterocycles. The number of nitrogens with zero attached hydrogens (tertiary/aromatic N) is 4. The molecule has 1 fully saturated rings. The van der Waals surface area contributed by atoms with Gasteiger partial charge in [0, 0.05) is 31.0 Å². The summed E-state index contributed by atoms with van der Waals surface area (Å²) in [7, 11) is 4.27. The van der Waals surface area contributed by atoms with Crippen LogP contribution in [0.25, 0.3) is 0 Å². The van der Waals surface area contributed by atoms with E-state index in [2.05, 4.69) is 33.9 Å². The second kappa shape index (κ2) is 6.53. The second-order valence-electron chi connectivity index (χ2n) is 5.54. The highest BCUT2D eigenvalue weighted by Gasteiger charge is 2.19. The summed E-state index contributed by atoms with van der Waals surface area (Å²) in [6.45, 7) is 5.42. The first kappa shape index (κ1) is 14.5. The van der Waals surface area contributed by atoms with Crippen molar-refractivity contribution in [2.75, 3.05) is 38.6 Å². The number of aryl methyl sites for hydroxylation is 1. The van der Waals surface area contributed by atoms with Crippen molar-refractivity contribution in [2.45, 2.75) is 25.6 Å². The minimum Gasteiger partial charge on any atom is -0.344 e. The van der Waals surface area contributed by atoms with Gasteiger partial charge in [-0.1, -0.05) is 0 Å². The molecule has 0 radical (unpaired) electrons. The van der Waals surface area contributed by atoms with Crippen molar-refractivity contribution in [3.8, 4) is 0 Å². The smallest absolute Gasteiger partial charge is 0.225 e. The average Bonchev–Trinajstić information content (AvgIpc) is 2.41. The molecule has 1 aromatic rings. The Bertz CT molecular complexity index is 416. The molecule has 1 aromatic heterocycles. The standard InChI is InChI=1S/C14H23ClN4/c1-11-13(8-15)9-16-14(17-11)19(3)10-12-4-6-18(2)7-5-12/h9,12H,4-8,10H2,1-3H3. The second-order valence-corrected chi connectivity index (χ2v) is 5.81. The fraction of sp³-hybridized carbons (Fsp3) is 0.714. The van der Waals surface area contributed by atoms with Gasteiger partial charge in [-0.15, -0.1) is 11.6 Å². The summed E-state index contributed by atoms with van der Waals surface area (Å²) >= 11 is 5.84. The van der Waals surface area contributed by atoms with Crippen LogP contribution in [0.3, 0.4) is 0 Å². The topological polar surface area (TPSA) is 32.3 Å². The molecule has 0 spiro atoms. The van der Waals surface area contributed by atoms with Crippen LogP contribution in [0.5, 0.6) is 0 Å². The van der Waals surface area contributed by atoms with E-state index in [0.29, 0.717) is 5.88 Å². The highest BCUT2D eigenvalue weighted by atomic mass is 35.5. The molecule has 0 saturated carbocycles. The van der Waals surface area contributed by atoms with Crippen LogP contribution in [0.2, 0.25) is 0 Å². The monoisotopic (exact) mass is 282 g/mol. The molecule has 0 N–H and O–H groups in total. The summed E-state index contributed by atoms with van der Waals surface area (Å²) in [5, 5.41) is 0. The molecule has 5 heteroatoms. The lowest BCUT2D eigenvalue weighted by molar-refractivity contribution is 0.222. The van der Waals surface area contributed by atoms with E-state index >= 15 is 0 Å². The number of hydrogen-bond donors (Lipinski definition) is 0. The van der Waals surface area contributed by atoms with E-state index in [9.17, 15) is 0 Å². The van der Waals surface area contributed by atoms with Crippen molar-refractivity contribution in [3.05, 3.63) is 17.5 Å². The van der Waals surface area contributed by atoms with Crippen molar-refractivity contribution in [1.82, 2.24) is 14.9 Å². The highest BCUT2D eigenvalue weighted by Crippen LogP contribution is 2.19. The zero-order valence-electron chi connectivity index (χ0n) is 12.1. The van der Waals surface area contributed by atoms with Gasteiger partial charge in [-0.05, 0) is 45.8 Å². The summed E-state index contributed by atoms with van der Waals surface area (Å²) < 4.78 is 0. The van der Waals surface area contributed by atoms with E-state index in [4.69, 9.17) is 11.6 Å². The van der Waals surface area contributed by atoms with Gasteiger partial charge < -0.3 is 9.80 Å². The van der Waals surface area contributed by atoms with Gasteiger partial charge in [-0.3, -0.25) is 0 Å². The predicted molar refractivity (Wildman–Crippen MR) is 79.8 cm³/mol. The van der Waals surface area contributed by atoms with Crippen LogP contribution in [-0.2, 0) is 5.88 Å². The van der Waals surface area contributed by atoms with Gasteiger partial charge in [0.25, 0.3) is 0 Å². The Morgan fingerprint density at radius 2 is 2.11 bits per heavy atom. The number of anilines is 1. The van der Waals surface area contributed by atoms with Crippen LogP contribution in [0.4, 0.5) is 5.95 Å². The molecule has 0 amide bonds. The normalized spacial score (nSPS) is 17.7. The third-order valence-corrected chi connectivity index (χ3v) is 4.21. The van der Waals surface area contributed by atoms with Crippen molar-refractivity contribution >= 4 is 17.5 Å². The SMILES string of the molecule is Cc1nc(N(C)CC2CCN(C)CC2)ncc1CCl. The molecule has 19 heavy (non-hydrogen) atoms. The number of rotatable bonds is 4. The van der Waals surface area contributed by atoms with E-state index in [-0.39, 0.29) is 0 Å². The fourth-order valence-corrected chi connectivity index (χ4v) is 2.77. The lowest BCUT2D eigenvalue weighted by atomic mass is 9.97. The summed E-state index contributed by atoms with van der Waals surface area (Å²) in [6.07, 6.45) is 4.37. The Kier molecular flexibility index (Phi) is 4.99. The molecule has 1 aliphatic rings. The molecule has 4 nitrogen and oxygen atoms in total. The summed E-state index contributed by atoms with van der Waals surface area (Å²) in [6, 6.07) is 0. The maximum absolute atomic E-state index is 5.84. The van der Waals surface area contributed by atoms with Crippen molar-refractivity contribution < 1.29 is 0 Å². The molecule has 1 aliphatic heterocycles. The van der Waals surface area contributed by atoms with Crippen molar-refractivity contribution in [1.29, 1.82) is 0 Å². The molecule has 0 atom stereocenters. The van der Waals surface area contributed by atoms with E-state index < -0.39 is 0 Å². The van der Waals surface area contributed by atoms with Crippen LogP contribution in [0, 0.1) is 12.8 Å². The van der Waals surface area contributed by atoms with Crippen molar-refractivity contribution in [3.63, 3.8) is 0 Å². The van der Waals surface area contributed by atoms with Crippen LogP contribution in [0.15, 0.2) is 6.20 Å². The largest absolute Gasteiger partial charge is 0.344 e. The Morgan fingerprint density at radius 3 is 2.68 bits per heavy atom. The number of halogens is 1. The first-order valence-corrected chi connectivity index (χ1v) is 7.41. The number of hydrogen-bond acceptors (Lipinski definition) is 4. The summed E-state index contributed by atoms with van der Waals surface area (Å²) in [5.41, 5.74) is 1.99. The Morgan fingerprint density at radius 1 is 1.42 bits per heavy atom. The fourth-order valence-electron chi connectivity index (χ4n) is 2.51. The maximum atomic E-state index is 5.84. The Labute approximate surface area is 120 Å². The third-order valence-electron chi connectivity index (χ3n) is 3.92. The molecule has 0 aliphatic carbocycles. The molecule has 2 heterocycles. The first-order chi connectivity index (χ1) is 9.10. The summed E-state index contributed by atoms with van der Waals surface area (Å²) in [4.78, 5) is 13.5. The van der Waals surface area contributed by atoms with E-state index in [1.54, 1.807) is 0 Å². The highest BCUT2D eigenvalue weighted by molar-refractivity contribution is 6.17. The minimum absolute atomic E-state index is 0.477. The third kappa shape index (κ3) is 3.80. The van der Waals surface area contributed by atoms with Gasteiger partial charge in [0.1, 0.15) is 0 Å². The van der Waals surface area contributed by atoms with Gasteiger partial charge in [-0.25, -0.2) is 9.97 Å². The quantitative estimate of drug-likeness (QED) is 0.794. The van der Waals surface area contributed by atoms with Gasteiger partial charge in [-0.2, -0.15) is 0 Å². The molecule has 0 unspecified atom stereocenters. The van der Waals surface area contributed by atoms with Crippen LogP contribution in [0.1, 0.15) is 24.1 Å². The molecule has 2 rings (SSSR count). The van der Waals surface area contributed by atoms with Gasteiger partial charge in [0.05, 0.1) is 5.88 Å². The number of alkyl halides is 1. The number of aromatic nitrogens is 2. The van der Waals surface area contributed by atoms with Crippen LogP contribution >= 0.6 is 11.6 Å².